The summed E-state index contributed by atoms with van der Waals surface area (Å²) in [6, 6.07) is 13.6. The molecule has 1 N–H and O–H groups in total. The van der Waals surface area contributed by atoms with E-state index in [0.717, 1.165) is 22.4 Å². The Hall–Kier alpha value is -1.52. The van der Waals surface area contributed by atoms with Crippen LogP contribution in [-0.4, -0.2) is 17.4 Å². The topological polar surface area (TPSA) is 38.7 Å². The second-order valence-electron chi connectivity index (χ2n) is 4.93. The third kappa shape index (κ3) is 4.22. The van der Waals surface area contributed by atoms with Crippen LogP contribution in [0.15, 0.2) is 42.5 Å². The van der Waals surface area contributed by atoms with Crippen molar-refractivity contribution in [2.24, 2.45) is 0 Å². The minimum Gasteiger partial charge on any atom is -0.508 e. The van der Waals surface area contributed by atoms with Crippen LogP contribution in [0.25, 0.3) is 0 Å². The molecule has 0 aliphatic heterocycles. The molecule has 0 radical (unpaired) electrons. The van der Waals surface area contributed by atoms with Gasteiger partial charge in [-0.25, -0.2) is 0 Å². The van der Waals surface area contributed by atoms with Crippen LogP contribution in [0.1, 0.15) is 29.5 Å². The Balaban J connectivity index is 2.18. The van der Waals surface area contributed by atoms with Crippen LogP contribution in [0.5, 0.6) is 11.5 Å². The van der Waals surface area contributed by atoms with Gasteiger partial charge in [-0.05, 0) is 36.2 Å². The lowest BCUT2D eigenvalue weighted by Gasteiger charge is -2.16. The first-order chi connectivity index (χ1) is 10.1. The summed E-state index contributed by atoms with van der Waals surface area (Å²) in [6.45, 7) is 4.24. The Morgan fingerprint density at radius 1 is 1.19 bits per heavy atom. The molecule has 0 amide bonds. The monoisotopic (exact) mass is 350 g/mol. The fraction of sp³-hybridized carbons (Fsp3) is 0.294. The van der Waals surface area contributed by atoms with E-state index in [1.165, 1.54) is 0 Å². The van der Waals surface area contributed by atoms with Crippen LogP contribution in [0.3, 0.4) is 0 Å². The number of rotatable bonds is 6. The first-order valence-corrected chi connectivity index (χ1v) is 7.90. The van der Waals surface area contributed by atoms with E-state index in [9.17, 15) is 5.11 Å². The zero-order valence-electron chi connectivity index (χ0n) is 12.2. The number of ether oxygens (including phenoxy) is 2. The molecule has 0 fully saturated rings. The number of benzene rings is 2. The lowest BCUT2D eigenvalue weighted by atomic mass is 9.92. The minimum absolute atomic E-state index is 0.0891. The van der Waals surface area contributed by atoms with Crippen LogP contribution >= 0.6 is 15.9 Å². The second kappa shape index (κ2) is 7.48. The summed E-state index contributed by atoms with van der Waals surface area (Å²) in [5, 5.41) is 10.1. The Kier molecular flexibility index (Phi) is 5.65. The highest BCUT2D eigenvalue weighted by atomic mass is 79.9. The number of phenols is 1. The van der Waals surface area contributed by atoms with Gasteiger partial charge in [-0.3, -0.25) is 0 Å². The molecule has 4 heteroatoms. The van der Waals surface area contributed by atoms with Gasteiger partial charge >= 0.3 is 0 Å². The molecule has 0 heterocycles. The molecule has 2 aromatic rings. The number of halogens is 1. The number of aromatic hydroxyl groups is 1. The molecule has 1 atom stereocenters. The van der Waals surface area contributed by atoms with Gasteiger partial charge in [0.25, 0.3) is 0 Å². The van der Waals surface area contributed by atoms with Gasteiger partial charge in [0.05, 0.1) is 0 Å². The summed E-state index contributed by atoms with van der Waals surface area (Å²) in [6.07, 6.45) is 0. The maximum absolute atomic E-state index is 10.1. The molecule has 0 saturated carbocycles. The second-order valence-corrected chi connectivity index (χ2v) is 5.39. The SMILES string of the molecule is Cc1ccc(C(C)c2cccc(OCOCBr)c2)c(O)c1. The fourth-order valence-electron chi connectivity index (χ4n) is 2.21. The molecular formula is C17H19BrO3. The smallest absolute Gasteiger partial charge is 0.190 e. The average Bonchev–Trinajstić information content (AvgIpc) is 2.47. The molecule has 2 rings (SSSR count). The Bertz CT molecular complexity index is 598. The third-order valence-electron chi connectivity index (χ3n) is 3.40. The van der Waals surface area contributed by atoms with Crippen molar-refractivity contribution in [1.29, 1.82) is 0 Å². The fourth-order valence-corrected chi connectivity index (χ4v) is 2.35. The molecule has 0 aliphatic carbocycles. The van der Waals surface area contributed by atoms with Crippen LogP contribution in [0, 0.1) is 6.92 Å². The first-order valence-electron chi connectivity index (χ1n) is 6.78. The normalized spacial score (nSPS) is 12.1. The van der Waals surface area contributed by atoms with E-state index in [2.05, 4.69) is 22.9 Å². The summed E-state index contributed by atoms with van der Waals surface area (Å²) >= 11 is 3.17. The van der Waals surface area contributed by atoms with Gasteiger partial charge in [0, 0.05) is 11.5 Å². The molecule has 3 nitrogen and oxygen atoms in total. The molecule has 112 valence electrons. The third-order valence-corrected chi connectivity index (χ3v) is 3.72. The summed E-state index contributed by atoms with van der Waals surface area (Å²) in [5.41, 5.74) is 3.49. The van der Waals surface area contributed by atoms with E-state index in [1.54, 1.807) is 6.07 Å². The Morgan fingerprint density at radius 3 is 2.71 bits per heavy atom. The van der Waals surface area contributed by atoms with Gasteiger partial charge in [0.15, 0.2) is 6.79 Å². The summed E-state index contributed by atoms with van der Waals surface area (Å²) in [5.74, 6) is 1.18. The highest BCUT2D eigenvalue weighted by Gasteiger charge is 2.13. The quantitative estimate of drug-likeness (QED) is 0.471. The van der Waals surface area contributed by atoms with E-state index in [1.807, 2.05) is 43.3 Å². The van der Waals surface area contributed by atoms with Crippen LogP contribution in [-0.2, 0) is 4.74 Å². The van der Waals surface area contributed by atoms with Gasteiger partial charge in [-0.2, -0.15) is 0 Å². The summed E-state index contributed by atoms with van der Waals surface area (Å²) in [4.78, 5) is 0. The van der Waals surface area contributed by atoms with Gasteiger partial charge < -0.3 is 14.6 Å². The maximum atomic E-state index is 10.1. The number of hydrogen-bond acceptors (Lipinski definition) is 3. The summed E-state index contributed by atoms with van der Waals surface area (Å²) < 4.78 is 10.6. The maximum Gasteiger partial charge on any atom is 0.190 e. The van der Waals surface area contributed by atoms with Crippen molar-refractivity contribution in [3.8, 4) is 11.5 Å². The van der Waals surface area contributed by atoms with Gasteiger partial charge in [0.1, 0.15) is 17.0 Å². The van der Waals surface area contributed by atoms with E-state index in [-0.39, 0.29) is 12.7 Å². The van der Waals surface area contributed by atoms with Crippen LogP contribution in [0.4, 0.5) is 0 Å². The zero-order chi connectivity index (χ0) is 15.2. The standard InChI is InChI=1S/C17H19BrO3/c1-12-6-7-16(17(19)8-12)13(2)14-4-3-5-15(9-14)21-11-20-10-18/h3-9,13,19H,10-11H2,1-2H3. The molecule has 21 heavy (non-hydrogen) atoms. The van der Waals surface area contributed by atoms with Gasteiger partial charge in [-0.15, -0.1) is 0 Å². The Morgan fingerprint density at radius 2 is 2.00 bits per heavy atom. The van der Waals surface area contributed by atoms with E-state index < -0.39 is 0 Å². The molecule has 0 aliphatic rings. The van der Waals surface area contributed by atoms with Crippen LogP contribution < -0.4 is 4.74 Å². The molecule has 1 unspecified atom stereocenters. The molecule has 0 aromatic heterocycles. The van der Waals surface area contributed by atoms with Crippen molar-refractivity contribution in [2.45, 2.75) is 19.8 Å². The van der Waals surface area contributed by atoms with Crippen molar-refractivity contribution in [2.75, 3.05) is 12.3 Å². The Labute approximate surface area is 133 Å². The largest absolute Gasteiger partial charge is 0.508 e. The van der Waals surface area contributed by atoms with Crippen molar-refractivity contribution < 1.29 is 14.6 Å². The van der Waals surface area contributed by atoms with Crippen molar-refractivity contribution in [3.63, 3.8) is 0 Å². The highest BCUT2D eigenvalue weighted by Crippen LogP contribution is 2.32. The molecule has 0 bridgehead atoms. The van der Waals surface area contributed by atoms with E-state index >= 15 is 0 Å². The van der Waals surface area contributed by atoms with Gasteiger partial charge in [0.2, 0.25) is 0 Å². The predicted molar refractivity (Wildman–Crippen MR) is 87.2 cm³/mol. The summed E-state index contributed by atoms with van der Waals surface area (Å²) in [7, 11) is 0. The molecule has 0 spiro atoms. The lowest BCUT2D eigenvalue weighted by molar-refractivity contribution is 0.0440. The number of aryl methyl sites for hydroxylation is 1. The van der Waals surface area contributed by atoms with Crippen molar-refractivity contribution >= 4 is 15.9 Å². The zero-order valence-corrected chi connectivity index (χ0v) is 13.8. The minimum atomic E-state index is 0.0891. The first kappa shape index (κ1) is 15.9. The van der Waals surface area contributed by atoms with E-state index in [0.29, 0.717) is 11.3 Å². The van der Waals surface area contributed by atoms with Crippen LogP contribution in [0.2, 0.25) is 0 Å². The lowest BCUT2D eigenvalue weighted by Crippen LogP contribution is -2.02. The van der Waals surface area contributed by atoms with E-state index in [4.69, 9.17) is 9.47 Å². The van der Waals surface area contributed by atoms with Gasteiger partial charge in [-0.1, -0.05) is 47.1 Å². The highest BCUT2D eigenvalue weighted by molar-refractivity contribution is 9.09. The number of alkyl halides is 1. The average molecular weight is 351 g/mol. The molecule has 0 saturated heterocycles. The molecule has 2 aromatic carbocycles. The number of phenolic OH excluding ortho intramolecular Hbond substituents is 1. The van der Waals surface area contributed by atoms with Crippen molar-refractivity contribution in [3.05, 3.63) is 59.2 Å². The number of hydrogen-bond donors (Lipinski definition) is 1. The molecular weight excluding hydrogens is 332 g/mol. The van der Waals surface area contributed by atoms with Crippen molar-refractivity contribution in [1.82, 2.24) is 0 Å². The predicted octanol–water partition coefficient (Wildman–Crippen LogP) is 4.56.